The molecule has 2 aliphatic rings. The molecule has 0 aromatic heterocycles. The van der Waals surface area contributed by atoms with E-state index in [2.05, 4.69) is 5.32 Å². The summed E-state index contributed by atoms with van der Waals surface area (Å²) >= 11 is 0. The number of aryl methyl sites for hydroxylation is 1. The number of hydrogen-bond donors (Lipinski definition) is 1. The van der Waals surface area contributed by atoms with Crippen molar-refractivity contribution in [3.05, 3.63) is 29.8 Å². The molecule has 3 atom stereocenters. The van der Waals surface area contributed by atoms with Crippen molar-refractivity contribution in [3.8, 4) is 0 Å². The Morgan fingerprint density at radius 1 is 1.17 bits per heavy atom. The highest BCUT2D eigenvalue weighted by Crippen LogP contribution is 2.49. The number of rotatable bonds is 9. The molecule has 158 valence electrons. The minimum Gasteiger partial charge on any atom is -0.456 e. The first-order valence-electron chi connectivity index (χ1n) is 10.7. The third-order valence-electron chi connectivity index (χ3n) is 6.27. The molecule has 2 fully saturated rings. The van der Waals surface area contributed by atoms with Crippen molar-refractivity contribution >= 4 is 23.5 Å². The molecule has 29 heavy (non-hydrogen) atoms. The van der Waals surface area contributed by atoms with Gasteiger partial charge in [0.05, 0.1) is 6.54 Å². The van der Waals surface area contributed by atoms with Gasteiger partial charge in [-0.2, -0.15) is 0 Å². The summed E-state index contributed by atoms with van der Waals surface area (Å²) in [7, 11) is 0. The van der Waals surface area contributed by atoms with Crippen LogP contribution in [0.2, 0.25) is 0 Å². The minimum atomic E-state index is -0.326. The van der Waals surface area contributed by atoms with Gasteiger partial charge in [-0.3, -0.25) is 14.4 Å². The Bertz CT molecular complexity index is 748. The van der Waals surface area contributed by atoms with Crippen LogP contribution in [-0.2, 0) is 19.1 Å². The zero-order valence-corrected chi connectivity index (χ0v) is 17.5. The van der Waals surface area contributed by atoms with Gasteiger partial charge in [0, 0.05) is 18.7 Å². The third kappa shape index (κ3) is 5.81. The molecule has 2 amide bonds. The number of ether oxygens (including phenoxy) is 1. The first kappa shape index (κ1) is 21.3. The lowest BCUT2D eigenvalue weighted by atomic mass is 9.86. The zero-order chi connectivity index (χ0) is 20.8. The second-order valence-electron chi connectivity index (χ2n) is 8.48. The van der Waals surface area contributed by atoms with Gasteiger partial charge in [-0.1, -0.05) is 31.5 Å². The van der Waals surface area contributed by atoms with Crippen LogP contribution in [0, 0.1) is 24.7 Å². The van der Waals surface area contributed by atoms with E-state index in [0.717, 1.165) is 30.0 Å². The molecule has 6 nitrogen and oxygen atoms in total. The van der Waals surface area contributed by atoms with Gasteiger partial charge < -0.3 is 15.0 Å². The Hall–Kier alpha value is -2.37. The van der Waals surface area contributed by atoms with Gasteiger partial charge in [0.2, 0.25) is 5.91 Å². The van der Waals surface area contributed by atoms with Crippen LogP contribution < -0.4 is 5.32 Å². The Morgan fingerprint density at radius 3 is 2.62 bits per heavy atom. The summed E-state index contributed by atoms with van der Waals surface area (Å²) in [5, 5.41) is 2.84. The monoisotopic (exact) mass is 400 g/mol. The van der Waals surface area contributed by atoms with Gasteiger partial charge in [0.15, 0.2) is 6.61 Å². The summed E-state index contributed by atoms with van der Waals surface area (Å²) < 4.78 is 5.26. The predicted molar refractivity (Wildman–Crippen MR) is 111 cm³/mol. The number of esters is 1. The van der Waals surface area contributed by atoms with Gasteiger partial charge in [-0.15, -0.1) is 0 Å². The van der Waals surface area contributed by atoms with Crippen molar-refractivity contribution in [1.82, 2.24) is 4.90 Å². The van der Waals surface area contributed by atoms with Crippen molar-refractivity contribution < 1.29 is 19.1 Å². The summed E-state index contributed by atoms with van der Waals surface area (Å²) in [6, 6.07) is 7.51. The minimum absolute atomic E-state index is 0.0507. The number of nitrogens with one attached hydrogen (secondary N) is 1. The molecule has 0 spiro atoms. The van der Waals surface area contributed by atoms with Crippen LogP contribution in [0.15, 0.2) is 24.3 Å². The van der Waals surface area contributed by atoms with Crippen LogP contribution in [0.1, 0.15) is 51.0 Å². The van der Waals surface area contributed by atoms with E-state index in [0.29, 0.717) is 24.8 Å². The standard InChI is InChI=1S/C23H32N2O4/c1-3-10-25(14-21(26)24-20-7-5-4-6-16(20)2)22(27)15-29-23(28)13-19-12-17-8-9-18(19)11-17/h4-7,17-19H,3,8-15H2,1-2H3,(H,24,26). The number of nitrogens with zero attached hydrogens (tertiary/aromatic N) is 1. The fourth-order valence-electron chi connectivity index (χ4n) is 4.77. The van der Waals surface area contributed by atoms with Gasteiger partial charge in [-0.25, -0.2) is 0 Å². The lowest BCUT2D eigenvalue weighted by Crippen LogP contribution is -2.41. The van der Waals surface area contributed by atoms with E-state index < -0.39 is 0 Å². The molecular formula is C23H32N2O4. The van der Waals surface area contributed by atoms with Crippen molar-refractivity contribution in [2.24, 2.45) is 17.8 Å². The maximum atomic E-state index is 12.5. The number of fused-ring (bicyclic) bond motifs is 2. The van der Waals surface area contributed by atoms with Crippen LogP contribution in [0.3, 0.4) is 0 Å². The van der Waals surface area contributed by atoms with Crippen LogP contribution in [0.5, 0.6) is 0 Å². The Balaban J connectivity index is 1.45. The van der Waals surface area contributed by atoms with Crippen molar-refractivity contribution in [1.29, 1.82) is 0 Å². The van der Waals surface area contributed by atoms with Gasteiger partial charge >= 0.3 is 5.97 Å². The maximum Gasteiger partial charge on any atom is 0.306 e. The van der Waals surface area contributed by atoms with Crippen LogP contribution in [0.25, 0.3) is 0 Å². The zero-order valence-electron chi connectivity index (χ0n) is 17.5. The van der Waals surface area contributed by atoms with Crippen LogP contribution in [-0.4, -0.2) is 42.4 Å². The number of carbonyl (C=O) groups excluding carboxylic acids is 3. The number of anilines is 1. The largest absolute Gasteiger partial charge is 0.456 e. The lowest BCUT2D eigenvalue weighted by molar-refractivity contribution is -0.153. The van der Waals surface area contributed by atoms with Crippen molar-refractivity contribution in [2.75, 3.05) is 25.0 Å². The molecule has 0 heterocycles. The molecule has 1 N–H and O–H groups in total. The Morgan fingerprint density at radius 2 is 1.97 bits per heavy atom. The van der Waals surface area contributed by atoms with E-state index in [1.807, 2.05) is 38.1 Å². The number of para-hydroxylation sites is 1. The predicted octanol–water partition coefficient (Wildman–Crippen LogP) is 3.54. The average molecular weight is 401 g/mol. The second kappa shape index (κ2) is 9.90. The summed E-state index contributed by atoms with van der Waals surface area (Å²) in [6.45, 7) is 3.97. The summed E-state index contributed by atoms with van der Waals surface area (Å²) in [6.07, 6.45) is 6.03. The molecule has 2 saturated carbocycles. The molecule has 3 unspecified atom stereocenters. The van der Waals surface area contributed by atoms with E-state index >= 15 is 0 Å². The molecule has 1 aromatic carbocycles. The van der Waals surface area contributed by atoms with E-state index in [-0.39, 0.29) is 30.9 Å². The molecular weight excluding hydrogens is 368 g/mol. The molecule has 2 bridgehead atoms. The highest BCUT2D eigenvalue weighted by molar-refractivity contribution is 5.95. The van der Waals surface area contributed by atoms with E-state index in [1.165, 1.54) is 24.2 Å². The fourth-order valence-corrected chi connectivity index (χ4v) is 4.77. The summed E-state index contributed by atoms with van der Waals surface area (Å²) in [5.74, 6) is 0.985. The normalized spacial score (nSPS) is 22.3. The molecule has 0 aliphatic heterocycles. The van der Waals surface area contributed by atoms with Gasteiger partial charge in [0.1, 0.15) is 0 Å². The Labute approximate surface area is 173 Å². The first-order chi connectivity index (χ1) is 14.0. The van der Waals surface area contributed by atoms with Crippen LogP contribution >= 0.6 is 0 Å². The topological polar surface area (TPSA) is 75.7 Å². The molecule has 0 saturated heterocycles. The molecule has 1 aromatic rings. The van der Waals surface area contributed by atoms with E-state index in [4.69, 9.17) is 4.74 Å². The maximum absolute atomic E-state index is 12.5. The molecule has 6 heteroatoms. The van der Waals surface area contributed by atoms with Gasteiger partial charge in [-0.05, 0) is 62.0 Å². The van der Waals surface area contributed by atoms with E-state index in [9.17, 15) is 14.4 Å². The third-order valence-corrected chi connectivity index (χ3v) is 6.27. The molecule has 2 aliphatic carbocycles. The number of amides is 2. The quantitative estimate of drug-likeness (QED) is 0.643. The molecule has 3 rings (SSSR count). The highest BCUT2D eigenvalue weighted by atomic mass is 16.5. The highest BCUT2D eigenvalue weighted by Gasteiger charge is 2.40. The fraction of sp³-hybridized carbons (Fsp3) is 0.609. The van der Waals surface area contributed by atoms with Crippen molar-refractivity contribution in [2.45, 2.75) is 52.4 Å². The average Bonchev–Trinajstić information content (AvgIpc) is 3.30. The van der Waals surface area contributed by atoms with Crippen LogP contribution in [0.4, 0.5) is 5.69 Å². The summed E-state index contributed by atoms with van der Waals surface area (Å²) in [4.78, 5) is 38.6. The lowest BCUT2D eigenvalue weighted by Gasteiger charge is -2.23. The number of carbonyl (C=O) groups is 3. The van der Waals surface area contributed by atoms with E-state index in [1.54, 1.807) is 0 Å². The number of benzene rings is 1. The van der Waals surface area contributed by atoms with Gasteiger partial charge in [0.25, 0.3) is 5.91 Å². The first-order valence-corrected chi connectivity index (χ1v) is 10.7. The Kier molecular flexibility index (Phi) is 7.29. The van der Waals surface area contributed by atoms with Crippen molar-refractivity contribution in [3.63, 3.8) is 0 Å². The summed E-state index contributed by atoms with van der Waals surface area (Å²) in [5.41, 5.74) is 1.70. The SMILES string of the molecule is CCCN(CC(=O)Nc1ccccc1C)C(=O)COC(=O)CC1CC2CCC1C2. The second-order valence-corrected chi connectivity index (χ2v) is 8.48. The number of hydrogen-bond acceptors (Lipinski definition) is 4. The smallest absolute Gasteiger partial charge is 0.306 e. The molecule has 0 radical (unpaired) electrons.